The molecule has 0 aliphatic carbocycles. The molecule has 1 aromatic heterocycles. The van der Waals surface area contributed by atoms with E-state index in [1.807, 2.05) is 0 Å². The van der Waals surface area contributed by atoms with Crippen LogP contribution in [0.5, 0.6) is 5.88 Å². The molecule has 44 heavy (non-hydrogen) atoms. The number of benzene rings is 2. The molecule has 0 saturated carbocycles. The molecule has 2 aliphatic heterocycles. The van der Waals surface area contributed by atoms with Crippen LogP contribution >= 0.6 is 11.6 Å². The first-order valence-electron chi connectivity index (χ1n) is 13.4. The molecule has 1 saturated heterocycles. The van der Waals surface area contributed by atoms with Gasteiger partial charge >= 0.3 is 23.9 Å². The second kappa shape index (κ2) is 12.1. The van der Waals surface area contributed by atoms with Crippen LogP contribution in [0, 0.1) is 0 Å². The van der Waals surface area contributed by atoms with E-state index in [2.05, 4.69) is 4.99 Å². The van der Waals surface area contributed by atoms with Crippen molar-refractivity contribution in [2.75, 3.05) is 6.61 Å². The van der Waals surface area contributed by atoms with Gasteiger partial charge in [0.2, 0.25) is 5.88 Å². The molecule has 0 radical (unpaired) electrons. The second-order valence-corrected chi connectivity index (χ2v) is 10.6. The van der Waals surface area contributed by atoms with Crippen LogP contribution in [0.25, 0.3) is 16.5 Å². The van der Waals surface area contributed by atoms with E-state index in [9.17, 15) is 29.1 Å². The molecule has 3 aromatic rings. The van der Waals surface area contributed by atoms with E-state index in [1.165, 1.54) is 10.6 Å². The van der Waals surface area contributed by atoms with Gasteiger partial charge in [-0.25, -0.2) is 4.99 Å². The first kappa shape index (κ1) is 30.7. The van der Waals surface area contributed by atoms with Gasteiger partial charge in [0, 0.05) is 43.3 Å². The Kier molecular flexibility index (Phi) is 8.44. The molecule has 230 valence electrons. The molecular formula is C30H27ClN2O11. The number of amides is 1. The molecule has 5 rings (SSSR count). The summed E-state index contributed by atoms with van der Waals surface area (Å²) in [5.74, 6) is -4.15. The zero-order valence-electron chi connectivity index (χ0n) is 23.9. The second-order valence-electron chi connectivity index (χ2n) is 10.1. The Morgan fingerprint density at radius 3 is 2.20 bits per heavy atom. The van der Waals surface area contributed by atoms with E-state index in [4.69, 9.17) is 35.3 Å². The smallest absolute Gasteiger partial charge is 0.303 e. The van der Waals surface area contributed by atoms with Crippen LogP contribution in [0.15, 0.2) is 47.5 Å². The van der Waals surface area contributed by atoms with E-state index in [0.717, 1.165) is 27.7 Å². The van der Waals surface area contributed by atoms with E-state index < -0.39 is 72.9 Å². The minimum atomic E-state index is -1.50. The van der Waals surface area contributed by atoms with Crippen molar-refractivity contribution in [1.29, 1.82) is 0 Å². The van der Waals surface area contributed by atoms with Gasteiger partial charge in [-0.15, -0.1) is 0 Å². The third-order valence-electron chi connectivity index (χ3n) is 7.02. The number of rotatable bonds is 7. The van der Waals surface area contributed by atoms with Gasteiger partial charge in [-0.1, -0.05) is 35.9 Å². The maximum absolute atomic E-state index is 13.2. The standard InChI is InChI=1S/C30H27ClN2O11/c1-13(34)40-12-22-25(41-14(2)35)26(42-15(3)36)27(43-16(4)37)30(44-22)33-21-8-6-5-7-19(21)24(29(33)39)23-18-10-9-17(31)11-20(18)32-28(23)38/h5-11,22,25-27,30,39H,12H2,1-4H3/t22-,25-,26+,27-,30-/m1/s1. The van der Waals surface area contributed by atoms with E-state index in [0.29, 0.717) is 26.5 Å². The lowest BCUT2D eigenvalue weighted by atomic mass is 9.97. The summed E-state index contributed by atoms with van der Waals surface area (Å²) in [6.07, 6.45) is -7.06. The molecule has 2 aromatic carbocycles. The summed E-state index contributed by atoms with van der Waals surface area (Å²) in [4.78, 5) is 65.8. The molecule has 13 nitrogen and oxygen atoms in total. The third-order valence-corrected chi connectivity index (χ3v) is 7.26. The van der Waals surface area contributed by atoms with E-state index >= 15 is 0 Å². The maximum atomic E-state index is 13.2. The van der Waals surface area contributed by atoms with Crippen LogP contribution in [0.1, 0.15) is 39.5 Å². The SMILES string of the molecule is CC(=O)OC[C@H]1O[C@@H](n2c(O)c(C3=c4ccc(Cl)cc4=NC3=O)c3ccccc32)[C@H](OC(C)=O)[C@@H](OC(C)=O)[C@@H]1OC(C)=O. The number of ether oxygens (including phenoxy) is 5. The number of aromatic nitrogens is 1. The molecule has 0 bridgehead atoms. The minimum absolute atomic E-state index is 0.0924. The predicted octanol–water partition coefficient (Wildman–Crippen LogP) is 1.61. The Bertz CT molecular complexity index is 1830. The van der Waals surface area contributed by atoms with Crippen molar-refractivity contribution >= 4 is 57.9 Å². The fourth-order valence-corrected chi connectivity index (χ4v) is 5.66. The number of esters is 4. The van der Waals surface area contributed by atoms with Gasteiger partial charge in [0.15, 0.2) is 24.5 Å². The van der Waals surface area contributed by atoms with Crippen LogP contribution < -0.4 is 10.6 Å². The van der Waals surface area contributed by atoms with Crippen molar-refractivity contribution < 1.29 is 52.8 Å². The number of carbonyl (C=O) groups is 5. The van der Waals surface area contributed by atoms with Gasteiger partial charge in [-0.2, -0.15) is 0 Å². The molecule has 1 N–H and O–H groups in total. The number of aromatic hydroxyl groups is 1. The number of para-hydroxylation sites is 1. The highest BCUT2D eigenvalue weighted by Gasteiger charge is 2.53. The average molecular weight is 627 g/mol. The highest BCUT2D eigenvalue weighted by molar-refractivity contribution is 6.31. The van der Waals surface area contributed by atoms with Crippen molar-refractivity contribution in [2.45, 2.75) is 58.3 Å². The van der Waals surface area contributed by atoms with Crippen LogP contribution in [-0.2, 0) is 47.7 Å². The van der Waals surface area contributed by atoms with Gasteiger partial charge in [0.05, 0.1) is 22.0 Å². The van der Waals surface area contributed by atoms with Crippen molar-refractivity contribution in [2.24, 2.45) is 4.99 Å². The lowest BCUT2D eigenvalue weighted by molar-refractivity contribution is -0.268. The van der Waals surface area contributed by atoms with Gasteiger partial charge in [0.25, 0.3) is 5.91 Å². The van der Waals surface area contributed by atoms with Crippen molar-refractivity contribution in [3.05, 3.63) is 63.6 Å². The molecule has 0 spiro atoms. The normalized spacial score (nSPS) is 22.6. The zero-order valence-corrected chi connectivity index (χ0v) is 24.7. The number of fused-ring (bicyclic) bond motifs is 2. The van der Waals surface area contributed by atoms with Crippen LogP contribution in [0.2, 0.25) is 5.02 Å². The van der Waals surface area contributed by atoms with E-state index in [1.54, 1.807) is 36.4 Å². The van der Waals surface area contributed by atoms with E-state index in [-0.39, 0.29) is 11.1 Å². The summed E-state index contributed by atoms with van der Waals surface area (Å²) in [7, 11) is 0. The molecule has 3 heterocycles. The number of hydrogen-bond acceptors (Lipinski definition) is 11. The topological polar surface area (TPSA) is 169 Å². The highest BCUT2D eigenvalue weighted by Crippen LogP contribution is 2.43. The monoisotopic (exact) mass is 626 g/mol. The summed E-state index contributed by atoms with van der Waals surface area (Å²) in [6.45, 7) is 4.05. The first-order chi connectivity index (χ1) is 20.9. The average Bonchev–Trinajstić information content (AvgIpc) is 3.40. The molecule has 2 aliphatic rings. The molecule has 14 heteroatoms. The van der Waals surface area contributed by atoms with Crippen LogP contribution in [-0.4, -0.2) is 70.5 Å². The largest absolute Gasteiger partial charge is 0.494 e. The lowest BCUT2D eigenvalue weighted by Crippen LogP contribution is -2.60. The number of carbonyl (C=O) groups excluding carboxylic acids is 5. The third kappa shape index (κ3) is 5.75. The van der Waals surface area contributed by atoms with Crippen molar-refractivity contribution in [3.63, 3.8) is 0 Å². The summed E-state index contributed by atoms with van der Waals surface area (Å²) in [6, 6.07) is 11.4. The number of halogens is 1. The Morgan fingerprint density at radius 1 is 0.909 bits per heavy atom. The van der Waals surface area contributed by atoms with Gasteiger partial charge < -0.3 is 28.8 Å². The van der Waals surface area contributed by atoms with Crippen molar-refractivity contribution in [1.82, 2.24) is 4.57 Å². The van der Waals surface area contributed by atoms with Gasteiger partial charge in [0.1, 0.15) is 12.7 Å². The molecule has 0 unspecified atom stereocenters. The van der Waals surface area contributed by atoms with Crippen molar-refractivity contribution in [3.8, 4) is 5.88 Å². The summed E-state index contributed by atoms with van der Waals surface area (Å²) in [5, 5.41) is 13.4. The van der Waals surface area contributed by atoms with Crippen LogP contribution in [0.4, 0.5) is 0 Å². The minimum Gasteiger partial charge on any atom is -0.494 e. The molecule has 1 amide bonds. The summed E-state index contributed by atoms with van der Waals surface area (Å²) in [5.41, 5.74) is 0.543. The summed E-state index contributed by atoms with van der Waals surface area (Å²) < 4.78 is 29.3. The predicted molar refractivity (Wildman–Crippen MR) is 151 cm³/mol. The Labute approximate surface area is 254 Å². The Hall–Kier alpha value is -4.75. The van der Waals surface area contributed by atoms with Gasteiger partial charge in [-0.05, 0) is 18.2 Å². The highest BCUT2D eigenvalue weighted by atomic mass is 35.5. The molecule has 5 atom stereocenters. The maximum Gasteiger partial charge on any atom is 0.303 e. The fourth-order valence-electron chi connectivity index (χ4n) is 5.50. The number of nitrogens with zero attached hydrogens (tertiary/aromatic N) is 2. The molecular weight excluding hydrogens is 600 g/mol. The zero-order chi connectivity index (χ0) is 31.9. The van der Waals surface area contributed by atoms with Crippen LogP contribution in [0.3, 0.4) is 0 Å². The Balaban J connectivity index is 1.76. The Morgan fingerprint density at radius 2 is 1.55 bits per heavy atom. The molecule has 1 fully saturated rings. The first-order valence-corrected chi connectivity index (χ1v) is 13.8. The fraction of sp³-hybridized carbons (Fsp3) is 0.333. The summed E-state index contributed by atoms with van der Waals surface area (Å²) >= 11 is 6.12. The quantitative estimate of drug-likeness (QED) is 0.299. The van der Waals surface area contributed by atoms with Gasteiger partial charge in [-0.3, -0.25) is 28.5 Å². The number of hydrogen-bond donors (Lipinski definition) is 1. The lowest BCUT2D eigenvalue weighted by Gasteiger charge is -2.45.